The van der Waals surface area contributed by atoms with Crippen molar-refractivity contribution in [2.45, 2.75) is 62.9 Å². The molecule has 0 radical (unpaired) electrons. The summed E-state index contributed by atoms with van der Waals surface area (Å²) in [6.45, 7) is 4.68. The Kier molecular flexibility index (Phi) is 6.27. The van der Waals surface area contributed by atoms with E-state index in [1.54, 1.807) is 26.4 Å². The zero-order valence-corrected chi connectivity index (χ0v) is 23.3. The Morgan fingerprint density at radius 2 is 1.95 bits per heavy atom. The number of aliphatic hydroxyl groups is 1. The highest BCUT2D eigenvalue weighted by Gasteiger charge is 2.79. The lowest BCUT2D eigenvalue weighted by molar-refractivity contribution is -0.246. The predicted molar refractivity (Wildman–Crippen MR) is 142 cm³/mol. The lowest BCUT2D eigenvalue weighted by atomic mass is 9.46. The molecule has 1 unspecified atom stereocenters. The zero-order chi connectivity index (χ0) is 27.1. The molecule has 2 aliphatic heterocycles. The molecule has 8 nitrogen and oxygen atoms in total. The molecule has 212 valence electrons. The van der Waals surface area contributed by atoms with E-state index < -0.39 is 12.2 Å². The van der Waals surface area contributed by atoms with Gasteiger partial charge in [0.05, 0.1) is 30.5 Å². The van der Waals surface area contributed by atoms with Crippen LogP contribution in [0.5, 0.6) is 0 Å². The van der Waals surface area contributed by atoms with Crippen molar-refractivity contribution in [3.8, 4) is 0 Å². The molecular formula is C31H41NO7. The van der Waals surface area contributed by atoms with E-state index in [0.29, 0.717) is 12.2 Å². The van der Waals surface area contributed by atoms with Crippen LogP contribution in [0, 0.1) is 34.5 Å². The fraction of sp³-hybridized carbons (Fsp3) is 0.710. The molecule has 8 heteroatoms. The molecule has 12 atom stereocenters. The number of likely N-dealkylation sites (tertiary alicyclic amines) is 1. The van der Waals surface area contributed by atoms with Crippen molar-refractivity contribution in [2.75, 3.05) is 41.0 Å². The first-order valence-electron chi connectivity index (χ1n) is 14.5. The zero-order valence-electron chi connectivity index (χ0n) is 23.3. The molecule has 1 aromatic carbocycles. The van der Waals surface area contributed by atoms with E-state index in [2.05, 4.69) is 17.9 Å². The summed E-state index contributed by atoms with van der Waals surface area (Å²) in [7, 11) is 5.29. The normalized spacial score (nSPS) is 47.5. The quantitative estimate of drug-likeness (QED) is 0.418. The Hall–Kier alpha value is -1.81. The number of esters is 1. The van der Waals surface area contributed by atoms with E-state index in [-0.39, 0.29) is 65.0 Å². The molecule has 0 spiro atoms. The molecule has 5 fully saturated rings. The standard InChI is InChI=1S/C31H41NO7/c1-5-32-15-30(16-35-2)12-11-22(36-3)31-20-13-19-25(39-28(34)17-9-7-6-8-10-17)23(20)18(24(33)26(19)37-4)14-21(27(30)31)38-29(31)32/h6-10,14,19-27,29,33H,5,11-13,15-16H2,1-4H3/t19-,20-,21+,22+,23-,24-,25+,26-,27?,29-,30+,31+/m1/s1. The molecule has 6 aliphatic rings. The lowest BCUT2D eigenvalue weighted by Crippen LogP contribution is -2.71. The summed E-state index contributed by atoms with van der Waals surface area (Å²) >= 11 is 0. The van der Waals surface area contributed by atoms with E-state index >= 15 is 0 Å². The first kappa shape index (κ1) is 26.1. The third-order valence-corrected chi connectivity index (χ3v) is 11.4. The lowest BCUT2D eigenvalue weighted by Gasteiger charge is -2.64. The van der Waals surface area contributed by atoms with Crippen LogP contribution in [0.25, 0.3) is 0 Å². The van der Waals surface area contributed by atoms with Gasteiger partial charge in [0, 0.05) is 56.5 Å². The minimum Gasteiger partial charge on any atom is -0.458 e. The van der Waals surface area contributed by atoms with Crippen LogP contribution in [0.15, 0.2) is 42.0 Å². The van der Waals surface area contributed by atoms with Crippen LogP contribution in [0.1, 0.15) is 36.5 Å². The summed E-state index contributed by atoms with van der Waals surface area (Å²) in [4.78, 5) is 15.9. The van der Waals surface area contributed by atoms with Gasteiger partial charge in [0.2, 0.25) is 0 Å². The highest BCUT2D eigenvalue weighted by Crippen LogP contribution is 2.73. The van der Waals surface area contributed by atoms with Gasteiger partial charge in [-0.05, 0) is 49.4 Å². The summed E-state index contributed by atoms with van der Waals surface area (Å²) in [6.07, 6.45) is 3.05. The van der Waals surface area contributed by atoms with Gasteiger partial charge < -0.3 is 28.8 Å². The van der Waals surface area contributed by atoms with Crippen molar-refractivity contribution in [3.05, 3.63) is 47.5 Å². The predicted octanol–water partition coefficient (Wildman–Crippen LogP) is 2.90. The number of rotatable bonds is 7. The van der Waals surface area contributed by atoms with Gasteiger partial charge in [-0.25, -0.2) is 4.79 Å². The van der Waals surface area contributed by atoms with Gasteiger partial charge in [0.25, 0.3) is 0 Å². The summed E-state index contributed by atoms with van der Waals surface area (Å²) in [5.41, 5.74) is 1.06. The molecule has 2 heterocycles. The molecule has 0 aromatic heterocycles. The first-order chi connectivity index (χ1) is 18.9. The Morgan fingerprint density at radius 3 is 2.64 bits per heavy atom. The molecule has 1 N–H and O–H groups in total. The first-order valence-corrected chi connectivity index (χ1v) is 14.5. The summed E-state index contributed by atoms with van der Waals surface area (Å²) in [6, 6.07) is 9.19. The topological polar surface area (TPSA) is 86.7 Å². The van der Waals surface area contributed by atoms with Gasteiger partial charge in [-0.3, -0.25) is 4.90 Å². The van der Waals surface area contributed by atoms with Crippen molar-refractivity contribution < 1.29 is 33.6 Å². The number of carbonyl (C=O) groups is 1. The van der Waals surface area contributed by atoms with Crippen molar-refractivity contribution >= 4 is 5.97 Å². The average Bonchev–Trinajstić information content (AvgIpc) is 3.33. The average molecular weight is 540 g/mol. The number of hydrogen-bond acceptors (Lipinski definition) is 8. The number of fused-ring (bicyclic) bond motifs is 1. The smallest absolute Gasteiger partial charge is 0.338 e. The molecule has 0 amide bonds. The molecule has 1 aromatic rings. The number of piperidine rings is 1. The third kappa shape index (κ3) is 3.30. The molecule has 3 saturated carbocycles. The summed E-state index contributed by atoms with van der Waals surface area (Å²) < 4.78 is 31.7. The Labute approximate surface area is 230 Å². The van der Waals surface area contributed by atoms with E-state index in [9.17, 15) is 9.90 Å². The van der Waals surface area contributed by atoms with Gasteiger partial charge in [-0.15, -0.1) is 0 Å². The molecule has 2 saturated heterocycles. The third-order valence-electron chi connectivity index (χ3n) is 11.4. The van der Waals surface area contributed by atoms with Crippen LogP contribution in [0.4, 0.5) is 0 Å². The maximum atomic E-state index is 13.4. The minimum atomic E-state index is -0.762. The second kappa shape index (κ2) is 9.36. The number of benzene rings is 1. The maximum absolute atomic E-state index is 13.4. The van der Waals surface area contributed by atoms with Gasteiger partial charge in [0.1, 0.15) is 18.4 Å². The molecular weight excluding hydrogens is 498 g/mol. The van der Waals surface area contributed by atoms with E-state index in [1.165, 1.54) is 0 Å². The van der Waals surface area contributed by atoms with Gasteiger partial charge in [-0.2, -0.15) is 0 Å². The van der Waals surface area contributed by atoms with Crippen molar-refractivity contribution in [3.63, 3.8) is 0 Å². The van der Waals surface area contributed by atoms with Gasteiger partial charge in [-0.1, -0.05) is 31.2 Å². The number of aliphatic hydroxyl groups excluding tert-OH is 1. The second-order valence-electron chi connectivity index (χ2n) is 12.6. The molecule has 7 bridgehead atoms. The van der Waals surface area contributed by atoms with Crippen LogP contribution in [-0.2, 0) is 23.7 Å². The minimum absolute atomic E-state index is 0.00227. The van der Waals surface area contributed by atoms with E-state index in [1.807, 2.05) is 25.3 Å². The van der Waals surface area contributed by atoms with Crippen molar-refractivity contribution in [2.24, 2.45) is 34.5 Å². The number of ether oxygens (including phenoxy) is 5. The second-order valence-corrected chi connectivity index (χ2v) is 12.6. The van der Waals surface area contributed by atoms with Crippen LogP contribution in [0.3, 0.4) is 0 Å². The highest BCUT2D eigenvalue weighted by molar-refractivity contribution is 5.89. The maximum Gasteiger partial charge on any atom is 0.338 e. The largest absolute Gasteiger partial charge is 0.458 e. The number of methoxy groups -OCH3 is 3. The monoisotopic (exact) mass is 539 g/mol. The summed E-state index contributed by atoms with van der Waals surface area (Å²) in [5.74, 6) is -0.261. The van der Waals surface area contributed by atoms with Crippen molar-refractivity contribution in [1.29, 1.82) is 0 Å². The van der Waals surface area contributed by atoms with Crippen LogP contribution < -0.4 is 0 Å². The number of hydrogen-bond donors (Lipinski definition) is 1. The van der Waals surface area contributed by atoms with Gasteiger partial charge in [0.15, 0.2) is 0 Å². The SMILES string of the molecule is CCN1C[C@]2(COC)CC[C@H](OC)[C@]34C2[C@H](C=C2[C@H]5[C@@H](OC(=O)c6ccccc6)[C@@H](C[C@H]53)[C@@H](OC)[C@@H]2O)O[C@@H]14. The fourth-order valence-electron chi connectivity index (χ4n) is 10.4. The Bertz CT molecular complexity index is 1140. The fourth-order valence-corrected chi connectivity index (χ4v) is 10.4. The summed E-state index contributed by atoms with van der Waals surface area (Å²) in [5, 5.41) is 11.7. The van der Waals surface area contributed by atoms with Gasteiger partial charge >= 0.3 is 5.97 Å². The van der Waals surface area contributed by atoms with E-state index in [0.717, 1.165) is 37.9 Å². The van der Waals surface area contributed by atoms with Crippen molar-refractivity contribution in [1.82, 2.24) is 4.90 Å². The highest BCUT2D eigenvalue weighted by atomic mass is 16.6. The van der Waals surface area contributed by atoms with Crippen LogP contribution in [0.2, 0.25) is 0 Å². The molecule has 7 rings (SSSR count). The molecule has 4 aliphatic carbocycles. The number of nitrogens with zero attached hydrogens (tertiary/aromatic N) is 1. The molecule has 39 heavy (non-hydrogen) atoms. The Morgan fingerprint density at radius 1 is 1.15 bits per heavy atom. The number of carbonyl (C=O) groups excluding carboxylic acids is 1. The Balaban J connectivity index is 1.39. The van der Waals surface area contributed by atoms with E-state index in [4.69, 9.17) is 23.7 Å². The van der Waals surface area contributed by atoms with Crippen LogP contribution in [-0.4, -0.2) is 93.7 Å². The van der Waals surface area contributed by atoms with Crippen LogP contribution >= 0.6 is 0 Å².